The third-order valence-electron chi connectivity index (χ3n) is 4.19. The third kappa shape index (κ3) is 4.43. The maximum absolute atomic E-state index is 11.1. The number of H-pyrrole nitrogens is 1. The number of ether oxygens (including phenoxy) is 2. The highest BCUT2D eigenvalue weighted by molar-refractivity contribution is 5.82. The molecule has 2 aromatic carbocycles. The van der Waals surface area contributed by atoms with Crippen molar-refractivity contribution in [1.82, 2.24) is 10.3 Å². The van der Waals surface area contributed by atoms with Crippen LogP contribution in [0.15, 0.2) is 48.7 Å². The van der Waals surface area contributed by atoms with Crippen LogP contribution in [0.5, 0.6) is 5.75 Å². The van der Waals surface area contributed by atoms with Crippen LogP contribution in [0.25, 0.3) is 10.9 Å². The average molecular weight is 352 g/mol. The number of benzene rings is 2. The van der Waals surface area contributed by atoms with Gasteiger partial charge in [-0.05, 0) is 42.3 Å². The number of hydrogen-bond acceptors (Lipinski definition) is 4. The minimum absolute atomic E-state index is 0.223. The maximum Gasteiger partial charge on any atom is 0.302 e. The van der Waals surface area contributed by atoms with Gasteiger partial charge < -0.3 is 19.8 Å². The molecular formula is C21H24N2O3. The van der Waals surface area contributed by atoms with Crippen LogP contribution < -0.4 is 10.1 Å². The lowest BCUT2D eigenvalue weighted by atomic mass is 10.1. The molecule has 1 heterocycles. The number of fused-ring (bicyclic) bond motifs is 1. The Hall–Kier alpha value is -2.79. The Labute approximate surface area is 153 Å². The van der Waals surface area contributed by atoms with E-state index in [1.54, 1.807) is 0 Å². The van der Waals surface area contributed by atoms with Gasteiger partial charge in [0.25, 0.3) is 0 Å². The molecule has 0 radical (unpaired) electrons. The van der Waals surface area contributed by atoms with Crippen molar-refractivity contribution in [3.05, 3.63) is 65.4 Å². The molecule has 0 bridgehead atoms. The number of hydrogen-bond donors (Lipinski definition) is 2. The van der Waals surface area contributed by atoms with Crippen molar-refractivity contribution in [2.75, 3.05) is 6.61 Å². The Bertz CT molecular complexity index is 886. The van der Waals surface area contributed by atoms with Gasteiger partial charge in [0.1, 0.15) is 12.4 Å². The molecule has 5 heteroatoms. The number of carbonyl (C=O) groups is 1. The lowest BCUT2D eigenvalue weighted by Crippen LogP contribution is -2.13. The number of aromatic nitrogens is 1. The first kappa shape index (κ1) is 18.0. The summed E-state index contributed by atoms with van der Waals surface area (Å²) in [6, 6.07) is 14.4. The summed E-state index contributed by atoms with van der Waals surface area (Å²) in [7, 11) is 0. The standard InChI is InChI=1S/C21H24N2O3/c1-3-25-21-8-7-16(11-18(21)14-26-15(2)24)12-22-13-17-5-4-6-20-19(17)9-10-23-20/h4-11,22-23H,3,12-14H2,1-2H3. The van der Waals surface area contributed by atoms with Gasteiger partial charge in [-0.25, -0.2) is 0 Å². The molecule has 0 aliphatic heterocycles. The van der Waals surface area contributed by atoms with E-state index in [9.17, 15) is 4.79 Å². The minimum atomic E-state index is -0.296. The van der Waals surface area contributed by atoms with Crippen LogP contribution in [0.4, 0.5) is 0 Å². The van der Waals surface area contributed by atoms with Crippen molar-refractivity contribution >= 4 is 16.9 Å². The SMILES string of the molecule is CCOc1ccc(CNCc2cccc3[nH]ccc23)cc1COC(C)=O. The fourth-order valence-corrected chi connectivity index (χ4v) is 2.98. The van der Waals surface area contributed by atoms with Crippen LogP contribution in [0.3, 0.4) is 0 Å². The molecule has 3 aromatic rings. The lowest BCUT2D eigenvalue weighted by molar-refractivity contribution is -0.142. The molecule has 0 spiro atoms. The third-order valence-corrected chi connectivity index (χ3v) is 4.19. The van der Waals surface area contributed by atoms with E-state index in [0.717, 1.165) is 35.5 Å². The van der Waals surface area contributed by atoms with Gasteiger partial charge >= 0.3 is 5.97 Å². The average Bonchev–Trinajstić information content (AvgIpc) is 3.11. The van der Waals surface area contributed by atoms with Gasteiger partial charge in [-0.2, -0.15) is 0 Å². The van der Waals surface area contributed by atoms with E-state index in [4.69, 9.17) is 9.47 Å². The summed E-state index contributed by atoms with van der Waals surface area (Å²) >= 11 is 0. The van der Waals surface area contributed by atoms with Crippen LogP contribution in [0.2, 0.25) is 0 Å². The summed E-state index contributed by atoms with van der Waals surface area (Å²) in [6.45, 7) is 5.65. The fourth-order valence-electron chi connectivity index (χ4n) is 2.98. The van der Waals surface area contributed by atoms with Gasteiger partial charge in [0, 0.05) is 42.7 Å². The Morgan fingerprint density at radius 2 is 2.00 bits per heavy atom. The van der Waals surface area contributed by atoms with Crippen molar-refractivity contribution < 1.29 is 14.3 Å². The Kier molecular flexibility index (Phi) is 5.92. The van der Waals surface area contributed by atoms with Crippen molar-refractivity contribution in [3.63, 3.8) is 0 Å². The second kappa shape index (κ2) is 8.54. The molecule has 3 rings (SSSR count). The van der Waals surface area contributed by atoms with Crippen molar-refractivity contribution in [1.29, 1.82) is 0 Å². The van der Waals surface area contributed by atoms with E-state index in [0.29, 0.717) is 6.61 Å². The maximum atomic E-state index is 11.1. The molecule has 5 nitrogen and oxygen atoms in total. The molecule has 0 atom stereocenters. The fraction of sp³-hybridized carbons (Fsp3) is 0.286. The Morgan fingerprint density at radius 1 is 1.12 bits per heavy atom. The molecule has 0 aliphatic carbocycles. The zero-order valence-electron chi connectivity index (χ0n) is 15.2. The Morgan fingerprint density at radius 3 is 2.81 bits per heavy atom. The van der Waals surface area contributed by atoms with E-state index >= 15 is 0 Å². The van der Waals surface area contributed by atoms with Crippen LogP contribution in [0, 0.1) is 0 Å². The largest absolute Gasteiger partial charge is 0.493 e. The van der Waals surface area contributed by atoms with E-state index in [1.807, 2.05) is 31.3 Å². The first-order valence-electron chi connectivity index (χ1n) is 8.81. The molecule has 26 heavy (non-hydrogen) atoms. The molecule has 2 N–H and O–H groups in total. The summed E-state index contributed by atoms with van der Waals surface area (Å²) in [5, 5.41) is 4.72. The molecule has 136 valence electrons. The smallest absolute Gasteiger partial charge is 0.302 e. The van der Waals surface area contributed by atoms with Gasteiger partial charge in [0.15, 0.2) is 0 Å². The second-order valence-electron chi connectivity index (χ2n) is 6.11. The zero-order chi connectivity index (χ0) is 18.4. The number of carbonyl (C=O) groups excluding carboxylic acids is 1. The van der Waals surface area contributed by atoms with Crippen LogP contribution in [-0.2, 0) is 29.2 Å². The molecule has 1 aromatic heterocycles. The molecular weight excluding hydrogens is 328 g/mol. The first-order valence-corrected chi connectivity index (χ1v) is 8.81. The van der Waals surface area contributed by atoms with Gasteiger partial charge in [-0.1, -0.05) is 18.2 Å². The predicted molar refractivity (Wildman–Crippen MR) is 102 cm³/mol. The highest BCUT2D eigenvalue weighted by atomic mass is 16.5. The van der Waals surface area contributed by atoms with Crippen LogP contribution in [-0.4, -0.2) is 17.6 Å². The van der Waals surface area contributed by atoms with Crippen LogP contribution >= 0.6 is 0 Å². The summed E-state index contributed by atoms with van der Waals surface area (Å²) in [6.07, 6.45) is 1.96. The summed E-state index contributed by atoms with van der Waals surface area (Å²) in [4.78, 5) is 14.3. The van der Waals surface area contributed by atoms with Gasteiger partial charge in [-0.15, -0.1) is 0 Å². The molecule has 0 unspecified atom stereocenters. The van der Waals surface area contributed by atoms with E-state index in [1.165, 1.54) is 17.9 Å². The van der Waals surface area contributed by atoms with Crippen molar-refractivity contribution in [2.24, 2.45) is 0 Å². The first-order chi connectivity index (χ1) is 12.7. The molecule has 0 saturated carbocycles. The number of rotatable bonds is 8. The van der Waals surface area contributed by atoms with Crippen molar-refractivity contribution in [3.8, 4) is 5.75 Å². The highest BCUT2D eigenvalue weighted by Gasteiger charge is 2.08. The summed E-state index contributed by atoms with van der Waals surface area (Å²) < 4.78 is 10.8. The van der Waals surface area contributed by atoms with E-state index in [-0.39, 0.29) is 12.6 Å². The van der Waals surface area contributed by atoms with Crippen molar-refractivity contribution in [2.45, 2.75) is 33.5 Å². The molecule has 0 saturated heterocycles. The van der Waals surface area contributed by atoms with Gasteiger partial charge in [0.2, 0.25) is 0 Å². The number of nitrogens with one attached hydrogen (secondary N) is 2. The van der Waals surface area contributed by atoms with E-state index in [2.05, 4.69) is 34.6 Å². The summed E-state index contributed by atoms with van der Waals surface area (Å²) in [5.41, 5.74) is 4.41. The monoisotopic (exact) mass is 352 g/mol. The normalized spacial score (nSPS) is 10.8. The molecule has 0 amide bonds. The summed E-state index contributed by atoms with van der Waals surface area (Å²) in [5.74, 6) is 0.463. The molecule has 0 fully saturated rings. The van der Waals surface area contributed by atoms with Gasteiger partial charge in [-0.3, -0.25) is 4.79 Å². The predicted octanol–water partition coefficient (Wildman–Crippen LogP) is 3.92. The zero-order valence-corrected chi connectivity index (χ0v) is 15.2. The second-order valence-corrected chi connectivity index (χ2v) is 6.11. The highest BCUT2D eigenvalue weighted by Crippen LogP contribution is 2.22. The lowest BCUT2D eigenvalue weighted by Gasteiger charge is -2.13. The quantitative estimate of drug-likeness (QED) is 0.603. The Balaban J connectivity index is 1.66. The van der Waals surface area contributed by atoms with Gasteiger partial charge in [0.05, 0.1) is 6.61 Å². The number of esters is 1. The molecule has 0 aliphatic rings. The van der Waals surface area contributed by atoms with E-state index < -0.39 is 0 Å². The number of aromatic amines is 1. The topological polar surface area (TPSA) is 63.4 Å². The minimum Gasteiger partial charge on any atom is -0.493 e. The van der Waals surface area contributed by atoms with Crippen LogP contribution in [0.1, 0.15) is 30.5 Å².